The largest absolute Gasteiger partial charge is 0.318 e. The number of nitrogens with zero attached hydrogens (tertiary/aromatic N) is 4. The number of amides is 1. The summed E-state index contributed by atoms with van der Waals surface area (Å²) < 4.78 is 24.5. The predicted molar refractivity (Wildman–Crippen MR) is 102 cm³/mol. The number of carbonyl (C=O) groups excluding carboxylic acids is 1. The van der Waals surface area contributed by atoms with E-state index in [4.69, 9.17) is 10.5 Å². The maximum Gasteiger partial charge on any atom is 0.284 e. The average molecular weight is 403 g/mol. The summed E-state index contributed by atoms with van der Waals surface area (Å²) in [4.78, 5) is 18.9. The Balaban J connectivity index is 2.38. The first kappa shape index (κ1) is 20.4. The van der Waals surface area contributed by atoms with Gasteiger partial charge in [-0.25, -0.2) is 18.1 Å². The molecule has 0 aliphatic carbocycles. The topological polar surface area (TPSA) is 127 Å². The molecule has 1 amide bonds. The Bertz CT molecular complexity index is 1010. The Labute approximate surface area is 161 Å². The van der Waals surface area contributed by atoms with Crippen molar-refractivity contribution >= 4 is 38.1 Å². The van der Waals surface area contributed by atoms with Crippen molar-refractivity contribution in [3.05, 3.63) is 40.4 Å². The highest BCUT2D eigenvalue weighted by Gasteiger charge is 2.22. The van der Waals surface area contributed by atoms with Crippen LogP contribution in [-0.4, -0.2) is 32.1 Å². The summed E-state index contributed by atoms with van der Waals surface area (Å²) in [6.45, 7) is 2.17. The van der Waals surface area contributed by atoms with Gasteiger partial charge in [-0.15, -0.1) is 11.3 Å². The molecule has 1 aromatic heterocycles. The molecule has 1 aromatic carbocycles. The van der Waals surface area contributed by atoms with Crippen LogP contribution in [0.1, 0.15) is 33.8 Å². The Hall–Kier alpha value is -2.95. The number of nitriles is 2. The van der Waals surface area contributed by atoms with Gasteiger partial charge >= 0.3 is 0 Å². The molecule has 0 atom stereocenters. The van der Waals surface area contributed by atoms with Crippen LogP contribution in [-0.2, 0) is 10.0 Å². The van der Waals surface area contributed by atoms with Crippen molar-refractivity contribution in [1.29, 1.82) is 10.5 Å². The molecule has 0 fully saturated rings. The Morgan fingerprint density at radius 2 is 1.96 bits per heavy atom. The first-order valence-electron chi connectivity index (χ1n) is 7.89. The maximum absolute atomic E-state index is 12.2. The van der Waals surface area contributed by atoms with E-state index < -0.39 is 15.9 Å². The first-order chi connectivity index (χ1) is 12.7. The normalized spacial score (nSPS) is 10.7. The fourth-order valence-electron chi connectivity index (χ4n) is 2.29. The number of aromatic nitrogens is 1. The molecule has 1 heterocycles. The van der Waals surface area contributed by atoms with Crippen LogP contribution in [0.5, 0.6) is 0 Å². The molecule has 0 unspecified atom stereocenters. The lowest BCUT2D eigenvalue weighted by molar-refractivity contribution is 0.0977. The lowest BCUT2D eigenvalue weighted by atomic mass is 10.2. The summed E-state index contributed by atoms with van der Waals surface area (Å²) >= 11 is 1.25. The van der Waals surface area contributed by atoms with Crippen molar-refractivity contribution in [1.82, 2.24) is 9.71 Å². The molecule has 8 nitrogen and oxygen atoms in total. The molecular formula is C17H17N5O3S2. The third-order valence-electron chi connectivity index (χ3n) is 3.49. The zero-order valence-electron chi connectivity index (χ0n) is 14.8. The summed E-state index contributed by atoms with van der Waals surface area (Å²) in [6.07, 6.45) is 1.84. The van der Waals surface area contributed by atoms with Crippen molar-refractivity contribution in [3.63, 3.8) is 0 Å². The quantitative estimate of drug-likeness (QED) is 0.703. The van der Waals surface area contributed by atoms with Gasteiger partial charge in [0.15, 0.2) is 5.13 Å². The number of benzene rings is 1. The van der Waals surface area contributed by atoms with Gasteiger partial charge in [0, 0.05) is 23.5 Å². The van der Waals surface area contributed by atoms with Gasteiger partial charge in [0.25, 0.3) is 5.91 Å². The number of hydrogen-bond donors (Lipinski definition) is 1. The summed E-state index contributed by atoms with van der Waals surface area (Å²) in [5, 5.41) is 18.2. The highest BCUT2D eigenvalue weighted by molar-refractivity contribution is 7.89. The van der Waals surface area contributed by atoms with Crippen LogP contribution >= 0.6 is 11.3 Å². The number of aryl methyl sites for hydroxylation is 1. The number of hydrogen-bond acceptors (Lipinski definition) is 8. The molecule has 10 heteroatoms. The van der Waals surface area contributed by atoms with Crippen LogP contribution in [0.2, 0.25) is 0 Å². The monoisotopic (exact) mass is 403 g/mol. The lowest BCUT2D eigenvalue weighted by Crippen LogP contribution is -2.30. The van der Waals surface area contributed by atoms with E-state index in [1.54, 1.807) is 31.2 Å². The van der Waals surface area contributed by atoms with Gasteiger partial charge in [0.2, 0.25) is 10.0 Å². The van der Waals surface area contributed by atoms with Gasteiger partial charge in [-0.3, -0.25) is 4.79 Å². The molecule has 2 aromatic rings. The molecule has 0 bridgehead atoms. The molecule has 0 spiro atoms. The Morgan fingerprint density at radius 3 is 2.52 bits per heavy atom. The molecule has 1 N–H and O–H groups in total. The van der Waals surface area contributed by atoms with Gasteiger partial charge in [0.1, 0.15) is 5.69 Å². The van der Waals surface area contributed by atoms with E-state index >= 15 is 0 Å². The summed E-state index contributed by atoms with van der Waals surface area (Å²) in [7, 11) is -3.69. The zero-order chi connectivity index (χ0) is 20.0. The SMILES string of the molecule is Cc1sc(N(CCCC#N)c2ccc(C#N)cc2)nc1C(=O)NS(C)(=O)=O. The number of nitrogens with one attached hydrogen (secondary N) is 1. The molecule has 140 valence electrons. The third kappa shape index (κ3) is 5.51. The van der Waals surface area contributed by atoms with Crippen molar-refractivity contribution in [2.45, 2.75) is 19.8 Å². The number of carbonyl (C=O) groups is 1. The molecule has 0 radical (unpaired) electrons. The Kier molecular flexibility index (Phi) is 6.50. The van der Waals surface area contributed by atoms with Crippen molar-refractivity contribution in [2.24, 2.45) is 0 Å². The van der Waals surface area contributed by atoms with Gasteiger partial charge in [-0.2, -0.15) is 10.5 Å². The van der Waals surface area contributed by atoms with Gasteiger partial charge in [-0.05, 0) is 37.6 Å². The summed E-state index contributed by atoms with van der Waals surface area (Å²) in [5.74, 6) is -0.783. The number of unbranched alkanes of at least 4 members (excludes halogenated alkanes) is 1. The van der Waals surface area contributed by atoms with Gasteiger partial charge in [-0.1, -0.05) is 0 Å². The van der Waals surface area contributed by atoms with Crippen molar-refractivity contribution in [2.75, 3.05) is 17.7 Å². The molecule has 0 aliphatic heterocycles. The van der Waals surface area contributed by atoms with E-state index in [2.05, 4.69) is 17.1 Å². The second kappa shape index (κ2) is 8.62. The van der Waals surface area contributed by atoms with Crippen LogP contribution in [0.25, 0.3) is 0 Å². The van der Waals surface area contributed by atoms with Crippen LogP contribution in [0.15, 0.2) is 24.3 Å². The number of anilines is 2. The fourth-order valence-corrected chi connectivity index (χ4v) is 3.68. The highest BCUT2D eigenvalue weighted by Crippen LogP contribution is 2.32. The minimum absolute atomic E-state index is 0.0411. The van der Waals surface area contributed by atoms with Gasteiger partial charge < -0.3 is 4.90 Å². The van der Waals surface area contributed by atoms with E-state index in [1.165, 1.54) is 11.3 Å². The number of rotatable bonds is 7. The van der Waals surface area contributed by atoms with Crippen LogP contribution < -0.4 is 9.62 Å². The smallest absolute Gasteiger partial charge is 0.284 e. The van der Waals surface area contributed by atoms with E-state index in [9.17, 15) is 13.2 Å². The third-order valence-corrected chi connectivity index (χ3v) is 5.04. The highest BCUT2D eigenvalue weighted by atomic mass is 32.2. The molecule has 0 saturated heterocycles. The van der Waals surface area contributed by atoms with Crippen LogP contribution in [0.3, 0.4) is 0 Å². The second-order valence-electron chi connectivity index (χ2n) is 5.68. The fraction of sp³-hybridized carbons (Fsp3) is 0.294. The molecule has 0 aliphatic rings. The van der Waals surface area contributed by atoms with E-state index in [0.717, 1.165) is 11.9 Å². The van der Waals surface area contributed by atoms with Gasteiger partial charge in [0.05, 0.1) is 24.0 Å². The van der Waals surface area contributed by atoms with Crippen molar-refractivity contribution in [3.8, 4) is 12.1 Å². The minimum atomic E-state index is -3.69. The van der Waals surface area contributed by atoms with E-state index in [-0.39, 0.29) is 5.69 Å². The van der Waals surface area contributed by atoms with E-state index in [1.807, 2.05) is 9.62 Å². The molecule has 27 heavy (non-hydrogen) atoms. The Morgan fingerprint density at radius 1 is 1.30 bits per heavy atom. The molecule has 0 saturated carbocycles. The van der Waals surface area contributed by atoms with Crippen molar-refractivity contribution < 1.29 is 13.2 Å². The standard InChI is InChI=1S/C17H17N5O3S2/c1-12-15(16(23)21-27(2,24)25)20-17(26-12)22(10-4-3-9-18)14-7-5-13(11-19)6-8-14/h5-8H,3-4,10H2,1-2H3,(H,21,23). The summed E-state index contributed by atoms with van der Waals surface area (Å²) in [6, 6.07) is 11.0. The molecule has 2 rings (SSSR count). The van der Waals surface area contributed by atoms with E-state index in [0.29, 0.717) is 35.0 Å². The zero-order valence-corrected chi connectivity index (χ0v) is 16.4. The maximum atomic E-state index is 12.2. The first-order valence-corrected chi connectivity index (χ1v) is 10.6. The van der Waals surface area contributed by atoms with Crippen LogP contribution in [0.4, 0.5) is 10.8 Å². The lowest BCUT2D eigenvalue weighted by Gasteiger charge is -2.21. The predicted octanol–water partition coefficient (Wildman–Crippen LogP) is 2.45. The molecular weight excluding hydrogens is 386 g/mol. The second-order valence-corrected chi connectivity index (χ2v) is 8.61. The minimum Gasteiger partial charge on any atom is -0.318 e. The number of sulfonamides is 1. The average Bonchev–Trinajstić information content (AvgIpc) is 2.99. The van der Waals surface area contributed by atoms with Crippen LogP contribution in [0, 0.1) is 29.6 Å². The number of thiazole rings is 1. The summed E-state index contributed by atoms with van der Waals surface area (Å²) in [5.41, 5.74) is 1.31.